The molecule has 0 radical (unpaired) electrons. The Morgan fingerprint density at radius 1 is 1.07 bits per heavy atom. The largest absolute Gasteiger partial charge is 0.497 e. The first-order chi connectivity index (χ1) is 14.5. The maximum Gasteiger partial charge on any atom is 0.269 e. The van der Waals surface area contributed by atoms with Crippen LogP contribution >= 0.6 is 11.8 Å². The van der Waals surface area contributed by atoms with Gasteiger partial charge in [-0.3, -0.25) is 14.9 Å². The number of rotatable bonds is 5. The number of hydrogen-bond donors (Lipinski definition) is 0. The predicted molar refractivity (Wildman–Crippen MR) is 117 cm³/mol. The van der Waals surface area contributed by atoms with E-state index < -0.39 is 4.92 Å². The molecule has 0 saturated carbocycles. The summed E-state index contributed by atoms with van der Waals surface area (Å²) in [5, 5.41) is 10.9. The molecule has 0 aromatic heterocycles. The summed E-state index contributed by atoms with van der Waals surface area (Å²) in [6.45, 7) is 0.365. The van der Waals surface area contributed by atoms with Crippen molar-refractivity contribution < 1.29 is 14.5 Å². The summed E-state index contributed by atoms with van der Waals surface area (Å²) in [4.78, 5) is 26.5. The number of anilines is 1. The number of non-ortho nitro benzene ring substituents is 1. The van der Waals surface area contributed by atoms with E-state index in [1.807, 2.05) is 48.5 Å². The molecule has 1 heterocycles. The lowest BCUT2D eigenvalue weighted by Crippen LogP contribution is -2.30. The number of fused-ring (bicyclic) bond motifs is 1. The van der Waals surface area contributed by atoms with Crippen LogP contribution in [-0.2, 0) is 11.3 Å². The Hall–Kier alpha value is -3.32. The molecule has 152 valence electrons. The molecule has 0 N–H and O–H groups in total. The van der Waals surface area contributed by atoms with E-state index in [-0.39, 0.29) is 16.8 Å². The third-order valence-electron chi connectivity index (χ3n) is 5.06. The van der Waals surface area contributed by atoms with Crippen molar-refractivity contribution >= 4 is 29.0 Å². The van der Waals surface area contributed by atoms with Gasteiger partial charge in [0.15, 0.2) is 0 Å². The molecule has 30 heavy (non-hydrogen) atoms. The van der Waals surface area contributed by atoms with Crippen molar-refractivity contribution in [3.63, 3.8) is 0 Å². The van der Waals surface area contributed by atoms with Gasteiger partial charge in [-0.2, -0.15) is 0 Å². The first-order valence-corrected chi connectivity index (χ1v) is 10.4. The van der Waals surface area contributed by atoms with E-state index in [1.165, 1.54) is 12.1 Å². The third-order valence-corrected chi connectivity index (χ3v) is 6.38. The van der Waals surface area contributed by atoms with Crippen molar-refractivity contribution in [1.82, 2.24) is 0 Å². The minimum absolute atomic E-state index is 0.00795. The van der Waals surface area contributed by atoms with Gasteiger partial charge in [-0.05, 0) is 35.4 Å². The second-order valence-electron chi connectivity index (χ2n) is 6.95. The molecule has 1 amide bonds. The molecule has 1 atom stereocenters. The van der Waals surface area contributed by atoms with Crippen LogP contribution in [-0.4, -0.2) is 17.9 Å². The molecule has 3 aromatic carbocycles. The molecule has 6 nitrogen and oxygen atoms in total. The first-order valence-electron chi connectivity index (χ1n) is 9.48. The minimum atomic E-state index is -0.424. The van der Waals surface area contributed by atoms with Gasteiger partial charge in [0.05, 0.1) is 24.3 Å². The van der Waals surface area contributed by atoms with Gasteiger partial charge in [0.2, 0.25) is 5.91 Å². The van der Waals surface area contributed by atoms with Crippen LogP contribution in [0.2, 0.25) is 0 Å². The van der Waals surface area contributed by atoms with Crippen LogP contribution < -0.4 is 9.64 Å². The van der Waals surface area contributed by atoms with Crippen molar-refractivity contribution in [2.75, 3.05) is 12.0 Å². The molecule has 0 unspecified atom stereocenters. The van der Waals surface area contributed by atoms with Crippen LogP contribution in [0.25, 0.3) is 0 Å². The number of carbonyl (C=O) groups is 1. The molecule has 0 spiro atoms. The second kappa shape index (κ2) is 8.59. The van der Waals surface area contributed by atoms with Gasteiger partial charge in [-0.25, -0.2) is 0 Å². The zero-order valence-corrected chi connectivity index (χ0v) is 17.2. The summed E-state index contributed by atoms with van der Waals surface area (Å²) >= 11 is 1.68. The van der Waals surface area contributed by atoms with Crippen molar-refractivity contribution in [3.05, 3.63) is 94.0 Å². The number of carbonyl (C=O) groups excluding carboxylic acids is 1. The van der Waals surface area contributed by atoms with Gasteiger partial charge in [0, 0.05) is 28.7 Å². The average molecular weight is 420 g/mol. The van der Waals surface area contributed by atoms with Crippen LogP contribution in [0.1, 0.15) is 22.8 Å². The van der Waals surface area contributed by atoms with Crippen molar-refractivity contribution in [3.8, 4) is 5.75 Å². The van der Waals surface area contributed by atoms with Gasteiger partial charge >= 0.3 is 0 Å². The number of amides is 1. The molecular formula is C23H20N2O4S. The zero-order chi connectivity index (χ0) is 21.1. The van der Waals surface area contributed by atoms with Crippen LogP contribution in [0.5, 0.6) is 5.75 Å². The standard InChI is InChI=1S/C23H20N2O4S/c1-29-19-12-8-17(9-13-19)22-14-23(26)24(20-4-2-3-5-21(20)30-22)15-16-6-10-18(11-7-16)25(27)28/h2-13,22H,14-15H2,1H3/t22-/m1/s1. The van der Waals surface area contributed by atoms with E-state index in [1.54, 1.807) is 35.9 Å². The number of thioether (sulfide) groups is 1. The molecule has 0 fully saturated rings. The fraction of sp³-hybridized carbons (Fsp3) is 0.174. The van der Waals surface area contributed by atoms with Crippen LogP contribution in [0.3, 0.4) is 0 Å². The summed E-state index contributed by atoms with van der Waals surface area (Å²) in [6.07, 6.45) is 0.360. The molecule has 7 heteroatoms. The van der Waals surface area contributed by atoms with Gasteiger partial charge in [0.1, 0.15) is 5.75 Å². The smallest absolute Gasteiger partial charge is 0.269 e. The van der Waals surface area contributed by atoms with Crippen molar-refractivity contribution in [2.45, 2.75) is 23.1 Å². The highest BCUT2D eigenvalue weighted by atomic mass is 32.2. The second-order valence-corrected chi connectivity index (χ2v) is 8.20. The van der Waals surface area contributed by atoms with E-state index in [0.29, 0.717) is 13.0 Å². The van der Waals surface area contributed by atoms with E-state index in [0.717, 1.165) is 27.5 Å². The number of nitro groups is 1. The van der Waals surface area contributed by atoms with Crippen LogP contribution in [0.15, 0.2) is 77.7 Å². The Balaban J connectivity index is 1.64. The van der Waals surface area contributed by atoms with Gasteiger partial charge in [-0.15, -0.1) is 11.8 Å². The van der Waals surface area contributed by atoms with Gasteiger partial charge < -0.3 is 9.64 Å². The summed E-state index contributed by atoms with van der Waals surface area (Å²) in [7, 11) is 1.63. The molecule has 1 aliphatic rings. The van der Waals surface area contributed by atoms with Gasteiger partial charge in [-0.1, -0.05) is 36.4 Å². The normalized spacial score (nSPS) is 16.0. The average Bonchev–Trinajstić information content (AvgIpc) is 2.91. The number of benzene rings is 3. The molecule has 0 saturated heterocycles. The monoisotopic (exact) mass is 420 g/mol. The number of nitrogens with zero attached hydrogens (tertiary/aromatic N) is 2. The molecule has 3 aromatic rings. The highest BCUT2D eigenvalue weighted by Crippen LogP contribution is 2.46. The number of hydrogen-bond acceptors (Lipinski definition) is 5. The predicted octanol–water partition coefficient (Wildman–Crippen LogP) is 5.37. The Kier molecular flexibility index (Phi) is 5.72. The van der Waals surface area contributed by atoms with E-state index in [2.05, 4.69) is 0 Å². The van der Waals surface area contributed by atoms with Crippen molar-refractivity contribution in [1.29, 1.82) is 0 Å². The lowest BCUT2D eigenvalue weighted by molar-refractivity contribution is -0.384. The molecule has 0 bridgehead atoms. The summed E-state index contributed by atoms with van der Waals surface area (Å²) < 4.78 is 5.24. The Morgan fingerprint density at radius 3 is 2.43 bits per heavy atom. The first kappa shape index (κ1) is 20.0. The molecule has 0 aliphatic carbocycles. The lowest BCUT2D eigenvalue weighted by atomic mass is 10.1. The number of nitro benzene ring substituents is 1. The Labute approximate surface area is 178 Å². The fourth-order valence-electron chi connectivity index (χ4n) is 3.46. The molecule has 4 rings (SSSR count). The lowest BCUT2D eigenvalue weighted by Gasteiger charge is -2.22. The van der Waals surface area contributed by atoms with Crippen LogP contribution in [0, 0.1) is 10.1 Å². The summed E-state index contributed by atoms with van der Waals surface area (Å²) in [6, 6.07) is 22.0. The fourth-order valence-corrected chi connectivity index (χ4v) is 4.74. The zero-order valence-electron chi connectivity index (χ0n) is 16.4. The number of ether oxygens (including phenoxy) is 1. The Bertz CT molecular complexity index is 1070. The SMILES string of the molecule is COc1ccc([C@H]2CC(=O)N(Cc3ccc([N+](=O)[O-])cc3)c3ccccc3S2)cc1. The van der Waals surface area contributed by atoms with Crippen molar-refractivity contribution in [2.24, 2.45) is 0 Å². The third kappa shape index (κ3) is 4.16. The topological polar surface area (TPSA) is 72.7 Å². The minimum Gasteiger partial charge on any atom is -0.497 e. The summed E-state index contributed by atoms with van der Waals surface area (Å²) in [5.41, 5.74) is 2.82. The highest BCUT2D eigenvalue weighted by molar-refractivity contribution is 7.99. The Morgan fingerprint density at radius 2 is 1.77 bits per heavy atom. The summed E-state index contributed by atoms with van der Waals surface area (Å²) in [5.74, 6) is 0.801. The molecular weight excluding hydrogens is 400 g/mol. The maximum absolute atomic E-state index is 13.2. The molecule has 1 aliphatic heterocycles. The highest BCUT2D eigenvalue weighted by Gasteiger charge is 2.29. The van der Waals surface area contributed by atoms with Gasteiger partial charge in [0.25, 0.3) is 5.69 Å². The number of para-hydroxylation sites is 1. The number of methoxy groups -OCH3 is 1. The maximum atomic E-state index is 13.2. The quantitative estimate of drug-likeness (QED) is 0.410. The van der Waals surface area contributed by atoms with E-state index in [4.69, 9.17) is 4.74 Å². The van der Waals surface area contributed by atoms with Crippen LogP contribution in [0.4, 0.5) is 11.4 Å². The van der Waals surface area contributed by atoms with E-state index in [9.17, 15) is 14.9 Å². The van der Waals surface area contributed by atoms with E-state index >= 15 is 0 Å².